The highest BCUT2D eigenvalue weighted by Crippen LogP contribution is 2.38. The molecule has 0 atom stereocenters. The molecule has 0 unspecified atom stereocenters. The summed E-state index contributed by atoms with van der Waals surface area (Å²) >= 11 is 0. The Kier molecular flexibility index (Phi) is 4.88. The summed E-state index contributed by atoms with van der Waals surface area (Å²) in [6.07, 6.45) is 4.23. The Bertz CT molecular complexity index is 699. The van der Waals surface area contributed by atoms with Gasteiger partial charge in [-0.1, -0.05) is 31.4 Å². The zero-order valence-corrected chi connectivity index (χ0v) is 14.2. The average molecular weight is 342 g/mol. The van der Waals surface area contributed by atoms with Crippen molar-refractivity contribution in [1.29, 1.82) is 5.26 Å². The minimum absolute atomic E-state index is 0.0584. The first-order valence-corrected chi connectivity index (χ1v) is 8.76. The number of benzene rings is 1. The third-order valence-corrected chi connectivity index (χ3v) is 5.32. The second-order valence-corrected chi connectivity index (χ2v) is 6.78. The van der Waals surface area contributed by atoms with Gasteiger partial charge in [0, 0.05) is 32.2 Å². The van der Waals surface area contributed by atoms with E-state index in [4.69, 9.17) is 0 Å². The molecule has 2 fully saturated rings. The van der Waals surface area contributed by atoms with Gasteiger partial charge < -0.3 is 9.80 Å². The predicted molar refractivity (Wildman–Crippen MR) is 93.0 cm³/mol. The molecule has 1 heterocycles. The lowest BCUT2D eigenvalue weighted by Gasteiger charge is -2.40. The highest BCUT2D eigenvalue weighted by Gasteiger charge is 2.43. The second kappa shape index (κ2) is 7.09. The number of carbonyl (C=O) groups excluding carboxylic acids is 1. The highest BCUT2D eigenvalue weighted by molar-refractivity contribution is 5.86. The zero-order valence-electron chi connectivity index (χ0n) is 14.2. The fourth-order valence-corrected chi connectivity index (χ4v) is 3.87. The topological polar surface area (TPSA) is 90.5 Å². The van der Waals surface area contributed by atoms with Crippen LogP contribution in [-0.2, 0) is 4.79 Å². The van der Waals surface area contributed by atoms with Gasteiger partial charge in [0.2, 0.25) is 5.91 Å². The van der Waals surface area contributed by atoms with Crippen molar-refractivity contribution < 1.29 is 9.72 Å². The van der Waals surface area contributed by atoms with Crippen molar-refractivity contribution in [2.24, 2.45) is 5.41 Å². The van der Waals surface area contributed by atoms with Crippen LogP contribution in [0.1, 0.15) is 32.1 Å². The SMILES string of the molecule is N#CC1(C(=O)N2CCN(c3ccccc3[N+](=O)[O-])CC2)CCCCC1. The van der Waals surface area contributed by atoms with Crippen molar-refractivity contribution in [2.45, 2.75) is 32.1 Å². The predicted octanol–water partition coefficient (Wildman–Crippen LogP) is 2.72. The molecule has 1 aliphatic heterocycles. The minimum Gasteiger partial charge on any atom is -0.362 e. The molecule has 2 aliphatic rings. The Morgan fingerprint density at radius 1 is 1.12 bits per heavy atom. The molecule has 1 aliphatic carbocycles. The number of amides is 1. The van der Waals surface area contributed by atoms with E-state index in [1.165, 1.54) is 6.07 Å². The third-order valence-electron chi connectivity index (χ3n) is 5.32. The molecule has 7 heteroatoms. The number of nitrogens with zero attached hydrogens (tertiary/aromatic N) is 4. The van der Waals surface area contributed by atoms with Crippen LogP contribution >= 0.6 is 0 Å². The standard InChI is InChI=1S/C18H22N4O3/c19-14-18(8-4-1-5-9-18)17(23)21-12-10-20(11-13-21)15-6-2-3-7-16(15)22(24)25/h2-3,6-7H,1,4-5,8-13H2. The molecule has 1 saturated heterocycles. The van der Waals surface area contributed by atoms with Crippen molar-refractivity contribution in [3.63, 3.8) is 0 Å². The van der Waals surface area contributed by atoms with Crippen molar-refractivity contribution in [1.82, 2.24) is 4.90 Å². The number of hydrogen-bond donors (Lipinski definition) is 0. The Morgan fingerprint density at radius 2 is 1.76 bits per heavy atom. The average Bonchev–Trinajstić information content (AvgIpc) is 2.68. The monoisotopic (exact) mass is 342 g/mol. The van der Waals surface area contributed by atoms with Gasteiger partial charge in [-0.3, -0.25) is 14.9 Å². The molecule has 1 aromatic carbocycles. The van der Waals surface area contributed by atoms with E-state index in [9.17, 15) is 20.2 Å². The van der Waals surface area contributed by atoms with Crippen LogP contribution in [0.4, 0.5) is 11.4 Å². The summed E-state index contributed by atoms with van der Waals surface area (Å²) in [6, 6.07) is 8.97. The lowest BCUT2D eigenvalue weighted by molar-refractivity contribution is -0.384. The largest absolute Gasteiger partial charge is 0.362 e. The molecule has 3 rings (SSSR count). The van der Waals surface area contributed by atoms with Crippen molar-refractivity contribution in [3.8, 4) is 6.07 Å². The number of anilines is 1. The molecule has 7 nitrogen and oxygen atoms in total. The molecular weight excluding hydrogens is 320 g/mol. The Morgan fingerprint density at radius 3 is 2.36 bits per heavy atom. The summed E-state index contributed by atoms with van der Waals surface area (Å²) in [7, 11) is 0. The number of hydrogen-bond acceptors (Lipinski definition) is 5. The van der Waals surface area contributed by atoms with Crippen molar-refractivity contribution in [2.75, 3.05) is 31.1 Å². The highest BCUT2D eigenvalue weighted by atomic mass is 16.6. The Labute approximate surface area is 147 Å². The van der Waals surface area contributed by atoms with E-state index in [0.717, 1.165) is 19.3 Å². The van der Waals surface area contributed by atoms with Gasteiger partial charge in [0.15, 0.2) is 0 Å². The van der Waals surface area contributed by atoms with Crippen LogP contribution in [0.15, 0.2) is 24.3 Å². The maximum atomic E-state index is 12.9. The Balaban J connectivity index is 1.69. The molecule has 0 radical (unpaired) electrons. The number of nitro groups is 1. The van der Waals surface area contributed by atoms with Crippen LogP contribution in [0.3, 0.4) is 0 Å². The summed E-state index contributed by atoms with van der Waals surface area (Å²) in [5, 5.41) is 20.8. The van der Waals surface area contributed by atoms with Gasteiger partial charge in [-0.25, -0.2) is 0 Å². The first-order chi connectivity index (χ1) is 12.1. The van der Waals surface area contributed by atoms with Crippen molar-refractivity contribution >= 4 is 17.3 Å². The first-order valence-electron chi connectivity index (χ1n) is 8.76. The smallest absolute Gasteiger partial charge is 0.292 e. The van der Waals surface area contributed by atoms with Gasteiger partial charge in [0.05, 0.1) is 11.0 Å². The zero-order chi connectivity index (χ0) is 17.9. The summed E-state index contributed by atoms with van der Waals surface area (Å²) in [5.74, 6) is -0.0584. The van der Waals surface area contributed by atoms with Gasteiger partial charge in [0.1, 0.15) is 11.1 Å². The minimum atomic E-state index is -0.862. The van der Waals surface area contributed by atoms with Gasteiger partial charge in [0.25, 0.3) is 5.69 Å². The molecule has 1 saturated carbocycles. The normalized spacial score (nSPS) is 20.0. The van der Waals surface area contributed by atoms with Crippen LogP contribution in [-0.4, -0.2) is 41.9 Å². The van der Waals surface area contributed by atoms with E-state index in [2.05, 4.69) is 6.07 Å². The van der Waals surface area contributed by atoms with E-state index < -0.39 is 5.41 Å². The molecule has 0 spiro atoms. The summed E-state index contributed by atoms with van der Waals surface area (Å²) in [6.45, 7) is 2.07. The molecule has 1 amide bonds. The second-order valence-electron chi connectivity index (χ2n) is 6.78. The molecule has 132 valence electrons. The lowest BCUT2D eigenvalue weighted by Crippen LogP contribution is -2.53. The van der Waals surface area contributed by atoms with Crippen LogP contribution in [0, 0.1) is 26.9 Å². The van der Waals surface area contributed by atoms with Crippen LogP contribution in [0.2, 0.25) is 0 Å². The fourth-order valence-electron chi connectivity index (χ4n) is 3.87. The van der Waals surface area contributed by atoms with E-state index in [1.54, 1.807) is 23.1 Å². The quantitative estimate of drug-likeness (QED) is 0.622. The van der Waals surface area contributed by atoms with E-state index in [-0.39, 0.29) is 16.5 Å². The summed E-state index contributed by atoms with van der Waals surface area (Å²) in [4.78, 5) is 27.4. The maximum absolute atomic E-state index is 12.9. The number of para-hydroxylation sites is 2. The third kappa shape index (κ3) is 3.29. The molecule has 0 N–H and O–H groups in total. The Hall–Kier alpha value is -2.62. The number of nitriles is 1. The van der Waals surface area contributed by atoms with E-state index >= 15 is 0 Å². The maximum Gasteiger partial charge on any atom is 0.292 e. The first kappa shape index (κ1) is 17.2. The van der Waals surface area contributed by atoms with Gasteiger partial charge in [-0.2, -0.15) is 5.26 Å². The molecule has 0 aromatic heterocycles. The van der Waals surface area contributed by atoms with Gasteiger partial charge >= 0.3 is 0 Å². The molecular formula is C18H22N4O3. The number of nitro benzene ring substituents is 1. The number of piperazine rings is 1. The van der Waals surface area contributed by atoms with E-state index in [1.807, 2.05) is 4.90 Å². The number of rotatable bonds is 3. The lowest BCUT2D eigenvalue weighted by atomic mass is 9.74. The van der Waals surface area contributed by atoms with Crippen LogP contribution < -0.4 is 4.90 Å². The molecule has 25 heavy (non-hydrogen) atoms. The molecule has 1 aromatic rings. The fraction of sp³-hybridized carbons (Fsp3) is 0.556. The number of carbonyl (C=O) groups is 1. The summed E-state index contributed by atoms with van der Waals surface area (Å²) in [5.41, 5.74) is -0.186. The molecule has 0 bridgehead atoms. The van der Waals surface area contributed by atoms with Crippen molar-refractivity contribution in [3.05, 3.63) is 34.4 Å². The van der Waals surface area contributed by atoms with Crippen LogP contribution in [0.5, 0.6) is 0 Å². The van der Waals surface area contributed by atoms with Gasteiger partial charge in [-0.05, 0) is 18.9 Å². The summed E-state index contributed by atoms with van der Waals surface area (Å²) < 4.78 is 0. The van der Waals surface area contributed by atoms with Crippen LogP contribution in [0.25, 0.3) is 0 Å². The van der Waals surface area contributed by atoms with E-state index in [0.29, 0.717) is 44.7 Å². The van der Waals surface area contributed by atoms with Gasteiger partial charge in [-0.15, -0.1) is 0 Å².